The standard InChI is InChI=1S/C13H12BrNO/c1-9-5-6-15-13(7-9)16-12-4-3-11(14)8-10(12)2/h3-8H,1-2H3. The van der Waals surface area contributed by atoms with E-state index in [0.29, 0.717) is 5.88 Å². The number of rotatable bonds is 2. The SMILES string of the molecule is Cc1ccnc(Oc2ccc(Br)cc2C)c1. The van der Waals surface area contributed by atoms with Gasteiger partial charge in [0.1, 0.15) is 5.75 Å². The zero-order valence-electron chi connectivity index (χ0n) is 9.20. The molecular formula is C13H12BrNO. The lowest BCUT2D eigenvalue weighted by atomic mass is 10.2. The van der Waals surface area contributed by atoms with E-state index in [1.54, 1.807) is 6.20 Å². The summed E-state index contributed by atoms with van der Waals surface area (Å²) in [7, 11) is 0. The summed E-state index contributed by atoms with van der Waals surface area (Å²) >= 11 is 3.42. The third-order valence-electron chi connectivity index (χ3n) is 2.24. The van der Waals surface area contributed by atoms with Crippen molar-refractivity contribution in [2.24, 2.45) is 0 Å². The number of pyridine rings is 1. The second-order valence-electron chi connectivity index (χ2n) is 3.68. The molecule has 0 amide bonds. The predicted molar refractivity (Wildman–Crippen MR) is 67.9 cm³/mol. The summed E-state index contributed by atoms with van der Waals surface area (Å²) in [6.07, 6.45) is 1.75. The van der Waals surface area contributed by atoms with Crippen LogP contribution in [0.15, 0.2) is 41.0 Å². The van der Waals surface area contributed by atoms with Gasteiger partial charge in [0.25, 0.3) is 0 Å². The Balaban J connectivity index is 2.27. The Morgan fingerprint density at radius 3 is 2.62 bits per heavy atom. The lowest BCUT2D eigenvalue weighted by Crippen LogP contribution is -1.90. The molecular weight excluding hydrogens is 266 g/mol. The molecule has 0 unspecified atom stereocenters. The van der Waals surface area contributed by atoms with E-state index in [2.05, 4.69) is 20.9 Å². The molecule has 0 aliphatic carbocycles. The molecule has 0 bridgehead atoms. The fourth-order valence-electron chi connectivity index (χ4n) is 1.40. The summed E-state index contributed by atoms with van der Waals surface area (Å²) in [4.78, 5) is 4.16. The molecule has 0 N–H and O–H groups in total. The van der Waals surface area contributed by atoms with Crippen LogP contribution in [-0.2, 0) is 0 Å². The summed E-state index contributed by atoms with van der Waals surface area (Å²) in [5, 5.41) is 0. The second kappa shape index (κ2) is 4.66. The molecule has 82 valence electrons. The molecule has 3 heteroatoms. The van der Waals surface area contributed by atoms with Gasteiger partial charge in [0.15, 0.2) is 0 Å². The molecule has 2 nitrogen and oxygen atoms in total. The fourth-order valence-corrected chi connectivity index (χ4v) is 1.88. The van der Waals surface area contributed by atoms with Crippen LogP contribution in [0, 0.1) is 13.8 Å². The number of nitrogens with zero attached hydrogens (tertiary/aromatic N) is 1. The third-order valence-corrected chi connectivity index (χ3v) is 2.74. The first-order valence-electron chi connectivity index (χ1n) is 5.02. The van der Waals surface area contributed by atoms with Crippen LogP contribution in [0.4, 0.5) is 0 Å². The monoisotopic (exact) mass is 277 g/mol. The summed E-state index contributed by atoms with van der Waals surface area (Å²) in [6, 6.07) is 9.77. The first-order valence-corrected chi connectivity index (χ1v) is 5.81. The van der Waals surface area contributed by atoms with E-state index in [1.165, 1.54) is 0 Å². The number of ether oxygens (including phenoxy) is 1. The van der Waals surface area contributed by atoms with Crippen molar-refractivity contribution >= 4 is 15.9 Å². The van der Waals surface area contributed by atoms with E-state index in [-0.39, 0.29) is 0 Å². The molecule has 0 spiro atoms. The summed E-state index contributed by atoms with van der Waals surface area (Å²) in [5.41, 5.74) is 2.22. The van der Waals surface area contributed by atoms with Gasteiger partial charge >= 0.3 is 0 Å². The van der Waals surface area contributed by atoms with Gasteiger partial charge in [-0.05, 0) is 49.2 Å². The molecule has 2 rings (SSSR count). The number of aryl methyl sites for hydroxylation is 2. The van der Waals surface area contributed by atoms with Crippen LogP contribution in [0.3, 0.4) is 0 Å². The Bertz CT molecular complexity index is 511. The minimum absolute atomic E-state index is 0.630. The fraction of sp³-hybridized carbons (Fsp3) is 0.154. The smallest absolute Gasteiger partial charge is 0.219 e. The zero-order valence-corrected chi connectivity index (χ0v) is 10.8. The molecule has 0 aliphatic heterocycles. The lowest BCUT2D eigenvalue weighted by molar-refractivity contribution is 0.459. The first-order chi connectivity index (χ1) is 7.65. The molecule has 0 saturated carbocycles. The molecule has 0 aliphatic rings. The predicted octanol–water partition coefficient (Wildman–Crippen LogP) is 4.25. The van der Waals surface area contributed by atoms with Gasteiger partial charge in [0, 0.05) is 16.7 Å². The zero-order chi connectivity index (χ0) is 11.5. The van der Waals surface area contributed by atoms with Crippen molar-refractivity contribution in [3.05, 3.63) is 52.1 Å². The maximum Gasteiger partial charge on any atom is 0.219 e. The Hall–Kier alpha value is -1.35. The molecule has 1 aromatic carbocycles. The highest BCUT2D eigenvalue weighted by atomic mass is 79.9. The molecule has 1 aromatic heterocycles. The maximum absolute atomic E-state index is 5.71. The Labute approximate surface area is 103 Å². The molecule has 0 fully saturated rings. The molecule has 2 aromatic rings. The van der Waals surface area contributed by atoms with Gasteiger partial charge in [0.2, 0.25) is 5.88 Å². The normalized spacial score (nSPS) is 10.2. The Morgan fingerprint density at radius 1 is 1.12 bits per heavy atom. The van der Waals surface area contributed by atoms with Crippen LogP contribution in [-0.4, -0.2) is 4.98 Å². The summed E-state index contributed by atoms with van der Waals surface area (Å²) in [5.74, 6) is 1.46. The number of halogens is 1. The van der Waals surface area contributed by atoms with Crippen LogP contribution in [0.25, 0.3) is 0 Å². The van der Waals surface area contributed by atoms with Gasteiger partial charge in [-0.15, -0.1) is 0 Å². The van der Waals surface area contributed by atoms with Crippen molar-refractivity contribution in [3.63, 3.8) is 0 Å². The topological polar surface area (TPSA) is 22.1 Å². The van der Waals surface area contributed by atoms with Crippen LogP contribution < -0.4 is 4.74 Å². The molecule has 0 radical (unpaired) electrons. The van der Waals surface area contributed by atoms with E-state index in [4.69, 9.17) is 4.74 Å². The summed E-state index contributed by atoms with van der Waals surface area (Å²) < 4.78 is 6.76. The van der Waals surface area contributed by atoms with E-state index in [1.807, 2.05) is 44.2 Å². The van der Waals surface area contributed by atoms with Gasteiger partial charge in [-0.2, -0.15) is 0 Å². The van der Waals surface area contributed by atoms with Crippen LogP contribution >= 0.6 is 15.9 Å². The maximum atomic E-state index is 5.71. The van der Waals surface area contributed by atoms with E-state index < -0.39 is 0 Å². The first kappa shape index (κ1) is 11.1. The third kappa shape index (κ3) is 2.61. The quantitative estimate of drug-likeness (QED) is 0.819. The average Bonchev–Trinajstić information content (AvgIpc) is 2.22. The van der Waals surface area contributed by atoms with Gasteiger partial charge in [-0.25, -0.2) is 4.98 Å². The Kier molecular flexibility index (Phi) is 3.25. The van der Waals surface area contributed by atoms with Gasteiger partial charge in [-0.1, -0.05) is 15.9 Å². The highest BCUT2D eigenvalue weighted by molar-refractivity contribution is 9.10. The minimum atomic E-state index is 0.630. The largest absolute Gasteiger partial charge is 0.439 e. The minimum Gasteiger partial charge on any atom is -0.439 e. The van der Waals surface area contributed by atoms with Crippen molar-refractivity contribution < 1.29 is 4.74 Å². The van der Waals surface area contributed by atoms with E-state index in [0.717, 1.165) is 21.3 Å². The van der Waals surface area contributed by atoms with Gasteiger partial charge < -0.3 is 4.74 Å². The highest BCUT2D eigenvalue weighted by Gasteiger charge is 2.02. The molecule has 16 heavy (non-hydrogen) atoms. The highest BCUT2D eigenvalue weighted by Crippen LogP contribution is 2.26. The number of hydrogen-bond donors (Lipinski definition) is 0. The average molecular weight is 278 g/mol. The number of benzene rings is 1. The van der Waals surface area contributed by atoms with Crippen LogP contribution in [0.2, 0.25) is 0 Å². The number of hydrogen-bond acceptors (Lipinski definition) is 2. The van der Waals surface area contributed by atoms with Crippen molar-refractivity contribution in [2.75, 3.05) is 0 Å². The Morgan fingerprint density at radius 2 is 1.94 bits per heavy atom. The van der Waals surface area contributed by atoms with E-state index >= 15 is 0 Å². The molecule has 0 saturated heterocycles. The van der Waals surface area contributed by atoms with Crippen molar-refractivity contribution in [2.45, 2.75) is 13.8 Å². The van der Waals surface area contributed by atoms with Crippen LogP contribution in [0.5, 0.6) is 11.6 Å². The van der Waals surface area contributed by atoms with Crippen molar-refractivity contribution in [1.29, 1.82) is 0 Å². The van der Waals surface area contributed by atoms with Crippen LogP contribution in [0.1, 0.15) is 11.1 Å². The lowest BCUT2D eigenvalue weighted by Gasteiger charge is -2.08. The van der Waals surface area contributed by atoms with Crippen molar-refractivity contribution in [1.82, 2.24) is 4.98 Å². The van der Waals surface area contributed by atoms with Gasteiger partial charge in [0.05, 0.1) is 0 Å². The number of aromatic nitrogens is 1. The van der Waals surface area contributed by atoms with E-state index in [9.17, 15) is 0 Å². The molecule has 1 heterocycles. The summed E-state index contributed by atoms with van der Waals surface area (Å²) in [6.45, 7) is 4.03. The second-order valence-corrected chi connectivity index (χ2v) is 4.60. The van der Waals surface area contributed by atoms with Gasteiger partial charge in [-0.3, -0.25) is 0 Å². The van der Waals surface area contributed by atoms with Crippen molar-refractivity contribution in [3.8, 4) is 11.6 Å². The molecule has 0 atom stereocenters.